The van der Waals surface area contributed by atoms with Crippen LogP contribution in [0.3, 0.4) is 0 Å². The van der Waals surface area contributed by atoms with Crippen molar-refractivity contribution in [2.24, 2.45) is 0 Å². The van der Waals surface area contributed by atoms with Gasteiger partial charge in [0.05, 0.1) is 0 Å². The first kappa shape index (κ1) is 11.3. The third-order valence-electron chi connectivity index (χ3n) is 2.97. The largest absolute Gasteiger partial charge is 0.309 e. The summed E-state index contributed by atoms with van der Waals surface area (Å²) in [6.07, 6.45) is 1.50. The molecule has 1 aliphatic carbocycles. The van der Waals surface area contributed by atoms with Crippen molar-refractivity contribution < 1.29 is 4.79 Å². The van der Waals surface area contributed by atoms with Crippen molar-refractivity contribution in [1.29, 1.82) is 5.41 Å². The lowest BCUT2D eigenvalue weighted by Crippen LogP contribution is -2.21. The van der Waals surface area contributed by atoms with Crippen LogP contribution < -0.4 is 0 Å². The summed E-state index contributed by atoms with van der Waals surface area (Å²) in [6, 6.07) is 5.86. The lowest BCUT2D eigenvalue weighted by Gasteiger charge is -2.23. The Hall–Kier alpha value is -1.15. The standard InChI is InChI=1S/C13H14ClNO/c1-8-2-3-13(14)12(4-8)9-5-10(15)7-11(16)6-9/h2-4,9,15H,5-7H2,1H3. The molecule has 1 fully saturated rings. The zero-order chi connectivity index (χ0) is 11.7. The SMILES string of the molecule is Cc1ccc(Cl)c(C2CC(=N)CC(=O)C2)c1. The highest BCUT2D eigenvalue weighted by molar-refractivity contribution is 6.31. The highest BCUT2D eigenvalue weighted by atomic mass is 35.5. The maximum absolute atomic E-state index is 11.5. The number of hydrogen-bond donors (Lipinski definition) is 1. The highest BCUT2D eigenvalue weighted by Crippen LogP contribution is 2.34. The van der Waals surface area contributed by atoms with E-state index in [2.05, 4.69) is 0 Å². The van der Waals surface area contributed by atoms with Gasteiger partial charge in [0.1, 0.15) is 5.78 Å². The number of nitrogens with one attached hydrogen (secondary N) is 1. The average Bonchev–Trinajstić information content (AvgIpc) is 2.20. The summed E-state index contributed by atoms with van der Waals surface area (Å²) in [5.74, 6) is 0.250. The van der Waals surface area contributed by atoms with Crippen LogP contribution in [0.15, 0.2) is 18.2 Å². The summed E-state index contributed by atoms with van der Waals surface area (Å²) in [6.45, 7) is 2.01. The third kappa shape index (κ3) is 2.33. The normalized spacial score (nSPS) is 21.2. The molecule has 0 heterocycles. The van der Waals surface area contributed by atoms with Crippen LogP contribution in [0.4, 0.5) is 0 Å². The van der Waals surface area contributed by atoms with Crippen LogP contribution in [-0.4, -0.2) is 11.5 Å². The van der Waals surface area contributed by atoms with Gasteiger partial charge in [0.2, 0.25) is 0 Å². The van der Waals surface area contributed by atoms with Gasteiger partial charge in [-0.1, -0.05) is 29.3 Å². The Bertz CT molecular complexity index is 437. The van der Waals surface area contributed by atoms with E-state index >= 15 is 0 Å². The Morgan fingerprint density at radius 3 is 2.81 bits per heavy atom. The molecule has 1 aromatic carbocycles. The minimum absolute atomic E-state index is 0.0983. The van der Waals surface area contributed by atoms with E-state index in [-0.39, 0.29) is 11.7 Å². The van der Waals surface area contributed by atoms with E-state index in [1.54, 1.807) is 0 Å². The molecule has 0 bridgehead atoms. The second-order valence-corrected chi connectivity index (χ2v) is 4.86. The zero-order valence-corrected chi connectivity index (χ0v) is 9.97. The summed E-state index contributed by atoms with van der Waals surface area (Å²) >= 11 is 6.14. The Morgan fingerprint density at radius 2 is 2.12 bits per heavy atom. The van der Waals surface area contributed by atoms with Gasteiger partial charge in [-0.3, -0.25) is 4.79 Å². The zero-order valence-electron chi connectivity index (χ0n) is 9.22. The molecule has 0 aromatic heterocycles. The lowest BCUT2D eigenvalue weighted by molar-refractivity contribution is -0.118. The van der Waals surface area contributed by atoms with Crippen molar-refractivity contribution in [3.8, 4) is 0 Å². The molecule has 0 radical (unpaired) electrons. The predicted octanol–water partition coefficient (Wildman–Crippen LogP) is 3.50. The smallest absolute Gasteiger partial charge is 0.139 e. The average molecular weight is 236 g/mol. The molecule has 1 aliphatic rings. The fourth-order valence-electron chi connectivity index (χ4n) is 2.22. The van der Waals surface area contributed by atoms with Gasteiger partial charge in [-0.2, -0.15) is 0 Å². The summed E-state index contributed by atoms with van der Waals surface area (Å²) in [5.41, 5.74) is 2.68. The number of carbonyl (C=O) groups is 1. The summed E-state index contributed by atoms with van der Waals surface area (Å²) < 4.78 is 0. The van der Waals surface area contributed by atoms with Crippen LogP contribution in [0.2, 0.25) is 5.02 Å². The third-order valence-corrected chi connectivity index (χ3v) is 3.31. The van der Waals surface area contributed by atoms with Crippen LogP contribution >= 0.6 is 11.6 Å². The topological polar surface area (TPSA) is 40.9 Å². The quantitative estimate of drug-likeness (QED) is 0.795. The van der Waals surface area contributed by atoms with Crippen molar-refractivity contribution in [3.05, 3.63) is 34.3 Å². The van der Waals surface area contributed by atoms with Gasteiger partial charge in [-0.05, 0) is 30.9 Å². The molecular formula is C13H14ClNO. The van der Waals surface area contributed by atoms with Crippen molar-refractivity contribution in [1.82, 2.24) is 0 Å². The second kappa shape index (κ2) is 4.38. The van der Waals surface area contributed by atoms with Gasteiger partial charge in [0.15, 0.2) is 0 Å². The first-order valence-corrected chi connectivity index (χ1v) is 5.78. The molecule has 0 amide bonds. The van der Waals surface area contributed by atoms with Crippen LogP contribution in [0.5, 0.6) is 0 Å². The highest BCUT2D eigenvalue weighted by Gasteiger charge is 2.25. The molecule has 0 spiro atoms. The molecule has 16 heavy (non-hydrogen) atoms. The minimum atomic E-state index is 0.0983. The van der Waals surface area contributed by atoms with E-state index in [1.165, 1.54) is 0 Å². The molecule has 3 heteroatoms. The molecule has 0 aliphatic heterocycles. The van der Waals surface area contributed by atoms with Crippen LogP contribution in [0.25, 0.3) is 0 Å². The molecule has 2 rings (SSSR count). The number of ketones is 1. The summed E-state index contributed by atoms with van der Waals surface area (Å²) in [7, 11) is 0. The van der Waals surface area contributed by atoms with Crippen molar-refractivity contribution in [2.75, 3.05) is 0 Å². The molecule has 84 valence electrons. The van der Waals surface area contributed by atoms with E-state index in [4.69, 9.17) is 17.0 Å². The van der Waals surface area contributed by atoms with Gasteiger partial charge < -0.3 is 5.41 Å². The first-order valence-electron chi connectivity index (χ1n) is 5.40. The van der Waals surface area contributed by atoms with Crippen molar-refractivity contribution >= 4 is 23.1 Å². The molecule has 1 saturated carbocycles. The van der Waals surface area contributed by atoms with Crippen LogP contribution in [-0.2, 0) is 4.79 Å². The Labute approximate surface area is 100 Å². The van der Waals surface area contributed by atoms with Gasteiger partial charge >= 0.3 is 0 Å². The van der Waals surface area contributed by atoms with Gasteiger partial charge in [0, 0.05) is 23.6 Å². The number of hydrogen-bond acceptors (Lipinski definition) is 2. The van der Waals surface area contributed by atoms with Crippen molar-refractivity contribution in [3.63, 3.8) is 0 Å². The molecule has 1 aromatic rings. The fraction of sp³-hybridized carbons (Fsp3) is 0.385. The Morgan fingerprint density at radius 1 is 1.38 bits per heavy atom. The van der Waals surface area contributed by atoms with Gasteiger partial charge in [-0.15, -0.1) is 0 Å². The number of Topliss-reactive ketones (excluding diaryl/α,β-unsaturated/α-hetero) is 1. The van der Waals surface area contributed by atoms with Gasteiger partial charge in [-0.25, -0.2) is 0 Å². The molecular weight excluding hydrogens is 222 g/mol. The van der Waals surface area contributed by atoms with E-state index in [1.807, 2.05) is 25.1 Å². The van der Waals surface area contributed by atoms with Crippen molar-refractivity contribution in [2.45, 2.75) is 32.1 Å². The minimum Gasteiger partial charge on any atom is -0.309 e. The lowest BCUT2D eigenvalue weighted by atomic mass is 9.82. The Balaban J connectivity index is 2.32. The number of benzene rings is 1. The number of halogens is 1. The van der Waals surface area contributed by atoms with E-state index < -0.39 is 0 Å². The fourth-order valence-corrected chi connectivity index (χ4v) is 2.49. The van der Waals surface area contributed by atoms with E-state index in [0.29, 0.717) is 30.0 Å². The van der Waals surface area contributed by atoms with Crippen LogP contribution in [0.1, 0.15) is 36.3 Å². The monoisotopic (exact) mass is 235 g/mol. The first-order chi connectivity index (χ1) is 7.56. The van der Waals surface area contributed by atoms with Crippen LogP contribution in [0, 0.1) is 12.3 Å². The summed E-state index contributed by atoms with van der Waals surface area (Å²) in [4.78, 5) is 11.5. The van der Waals surface area contributed by atoms with E-state index in [0.717, 1.165) is 11.1 Å². The number of aryl methyl sites for hydroxylation is 1. The molecule has 1 unspecified atom stereocenters. The number of carbonyl (C=O) groups excluding carboxylic acids is 1. The predicted molar refractivity (Wildman–Crippen MR) is 65.5 cm³/mol. The van der Waals surface area contributed by atoms with Gasteiger partial charge in [0.25, 0.3) is 0 Å². The molecule has 0 saturated heterocycles. The van der Waals surface area contributed by atoms with E-state index in [9.17, 15) is 4.79 Å². The maximum atomic E-state index is 11.5. The number of rotatable bonds is 1. The molecule has 2 nitrogen and oxygen atoms in total. The molecule has 1 N–H and O–H groups in total. The summed E-state index contributed by atoms with van der Waals surface area (Å²) in [5, 5.41) is 8.37. The second-order valence-electron chi connectivity index (χ2n) is 4.45. The Kier molecular flexibility index (Phi) is 3.10. The maximum Gasteiger partial charge on any atom is 0.139 e. The molecule has 1 atom stereocenters.